The van der Waals surface area contributed by atoms with Crippen molar-refractivity contribution in [3.63, 3.8) is 0 Å². The Kier molecular flexibility index (Phi) is 8.57. The van der Waals surface area contributed by atoms with Crippen LogP contribution in [0.3, 0.4) is 0 Å². The number of nitrogens with one attached hydrogen (secondary N) is 3. The number of anilines is 2. The minimum absolute atomic E-state index is 0.00412. The minimum atomic E-state index is -0.323. The average molecular weight is 611 g/mol. The first-order valence-corrected chi connectivity index (χ1v) is 16.5. The molecule has 0 radical (unpaired) electrons. The SMILES string of the molecule is CCC1(C(=O)Nc2cc(-c3ccc(N4CCN(CC5CC5)CC4)nc3C)cc(C(=O)NCc3c(C)cc(C)[nH]c3=O)c2C)CC1. The number of pyridine rings is 2. The van der Waals surface area contributed by atoms with Crippen molar-refractivity contribution in [2.75, 3.05) is 42.9 Å². The van der Waals surface area contributed by atoms with Crippen molar-refractivity contribution in [1.29, 1.82) is 0 Å². The van der Waals surface area contributed by atoms with Gasteiger partial charge in [-0.25, -0.2) is 4.98 Å². The highest BCUT2D eigenvalue weighted by Crippen LogP contribution is 2.49. The molecule has 9 nitrogen and oxygen atoms in total. The van der Waals surface area contributed by atoms with Gasteiger partial charge in [0.05, 0.1) is 0 Å². The van der Waals surface area contributed by atoms with Gasteiger partial charge in [0, 0.05) is 78.4 Å². The van der Waals surface area contributed by atoms with Gasteiger partial charge in [-0.3, -0.25) is 19.3 Å². The molecule has 2 aromatic heterocycles. The van der Waals surface area contributed by atoms with Gasteiger partial charge in [-0.05, 0) is 113 Å². The lowest BCUT2D eigenvalue weighted by atomic mass is 9.95. The second kappa shape index (κ2) is 12.4. The summed E-state index contributed by atoms with van der Waals surface area (Å²) in [6.45, 7) is 15.0. The van der Waals surface area contributed by atoms with E-state index in [0.29, 0.717) is 22.4 Å². The molecular formula is C36H46N6O3. The lowest BCUT2D eigenvalue weighted by Crippen LogP contribution is -2.47. The van der Waals surface area contributed by atoms with E-state index in [1.165, 1.54) is 19.4 Å². The van der Waals surface area contributed by atoms with Crippen molar-refractivity contribution < 1.29 is 9.59 Å². The van der Waals surface area contributed by atoms with Gasteiger partial charge in [-0.1, -0.05) is 6.92 Å². The molecule has 2 aliphatic carbocycles. The summed E-state index contributed by atoms with van der Waals surface area (Å²) in [5.41, 5.74) is 5.99. The van der Waals surface area contributed by atoms with Crippen LogP contribution in [0.5, 0.6) is 0 Å². The number of H-pyrrole nitrogens is 1. The fraction of sp³-hybridized carbons (Fsp3) is 0.500. The van der Waals surface area contributed by atoms with Gasteiger partial charge in [0.25, 0.3) is 11.5 Å². The molecule has 3 aliphatic rings. The Morgan fingerprint density at radius 2 is 1.76 bits per heavy atom. The minimum Gasteiger partial charge on any atom is -0.354 e. The monoisotopic (exact) mass is 610 g/mol. The number of amides is 2. The largest absolute Gasteiger partial charge is 0.354 e. The van der Waals surface area contributed by atoms with E-state index in [1.807, 2.05) is 52.8 Å². The molecule has 1 aromatic carbocycles. The fourth-order valence-electron chi connectivity index (χ4n) is 6.60. The Hall–Kier alpha value is -3.98. The third kappa shape index (κ3) is 6.69. The highest BCUT2D eigenvalue weighted by molar-refractivity contribution is 6.03. The number of aromatic nitrogens is 2. The molecule has 0 atom stereocenters. The van der Waals surface area contributed by atoms with E-state index >= 15 is 0 Å². The third-order valence-corrected chi connectivity index (χ3v) is 10.1. The number of aromatic amines is 1. The van der Waals surface area contributed by atoms with Crippen LogP contribution in [0.15, 0.2) is 35.1 Å². The van der Waals surface area contributed by atoms with Gasteiger partial charge in [-0.2, -0.15) is 0 Å². The van der Waals surface area contributed by atoms with Crippen LogP contribution in [-0.4, -0.2) is 59.4 Å². The van der Waals surface area contributed by atoms with E-state index in [2.05, 4.69) is 37.6 Å². The molecule has 3 aromatic rings. The molecule has 3 heterocycles. The van der Waals surface area contributed by atoms with Crippen molar-refractivity contribution in [1.82, 2.24) is 20.2 Å². The van der Waals surface area contributed by atoms with Crippen molar-refractivity contribution >= 4 is 23.3 Å². The highest BCUT2D eigenvalue weighted by atomic mass is 16.2. The Bertz CT molecular complexity index is 1680. The van der Waals surface area contributed by atoms with Crippen molar-refractivity contribution in [2.45, 2.75) is 73.3 Å². The summed E-state index contributed by atoms with van der Waals surface area (Å²) in [5.74, 6) is 1.58. The number of piperazine rings is 1. The summed E-state index contributed by atoms with van der Waals surface area (Å²) >= 11 is 0. The van der Waals surface area contributed by atoms with Crippen LogP contribution < -0.4 is 21.1 Å². The second-order valence-electron chi connectivity index (χ2n) is 13.4. The zero-order valence-electron chi connectivity index (χ0n) is 27.3. The van der Waals surface area contributed by atoms with Gasteiger partial charge in [0.2, 0.25) is 5.91 Å². The number of aryl methyl sites for hydroxylation is 3. The van der Waals surface area contributed by atoms with Crippen molar-refractivity contribution in [3.05, 3.63) is 74.3 Å². The van der Waals surface area contributed by atoms with Crippen LogP contribution in [0, 0.1) is 39.0 Å². The highest BCUT2D eigenvalue weighted by Gasteiger charge is 2.48. The van der Waals surface area contributed by atoms with Crippen LogP contribution >= 0.6 is 0 Å². The molecule has 3 N–H and O–H groups in total. The summed E-state index contributed by atoms with van der Waals surface area (Å²) < 4.78 is 0. The van der Waals surface area contributed by atoms with Gasteiger partial charge in [0.1, 0.15) is 5.82 Å². The first kappa shape index (κ1) is 31.0. The maximum absolute atomic E-state index is 13.7. The smallest absolute Gasteiger partial charge is 0.253 e. The van der Waals surface area contributed by atoms with E-state index in [1.54, 1.807) is 0 Å². The van der Waals surface area contributed by atoms with E-state index in [9.17, 15) is 14.4 Å². The lowest BCUT2D eigenvalue weighted by Gasteiger charge is -2.35. The molecule has 0 spiro atoms. The molecule has 3 fully saturated rings. The summed E-state index contributed by atoms with van der Waals surface area (Å²) in [5, 5.41) is 6.12. The second-order valence-corrected chi connectivity index (χ2v) is 13.4. The average Bonchev–Trinajstić information content (AvgIpc) is 3.94. The maximum Gasteiger partial charge on any atom is 0.253 e. The predicted octanol–water partition coefficient (Wildman–Crippen LogP) is 5.26. The molecule has 2 amide bonds. The predicted molar refractivity (Wildman–Crippen MR) is 179 cm³/mol. The Balaban J connectivity index is 1.27. The van der Waals surface area contributed by atoms with E-state index in [4.69, 9.17) is 4.98 Å². The van der Waals surface area contributed by atoms with Gasteiger partial charge < -0.3 is 20.5 Å². The standard InChI is InChI=1S/C36H46N6O3/c1-6-36(11-12-36)35(45)40-31-19-27(18-29(24(31)4)33(43)37-20-30-22(2)17-23(3)38-34(30)44)28-9-10-32(39-25(28)5)42-15-13-41(14-16-42)21-26-7-8-26/h9-10,17-19,26H,6-8,11-16,20-21H2,1-5H3,(H,37,43)(H,38,44)(H,40,45). The molecule has 1 aliphatic heterocycles. The van der Waals surface area contributed by atoms with Gasteiger partial charge in [0.15, 0.2) is 0 Å². The van der Waals surface area contributed by atoms with E-state index in [0.717, 1.165) is 85.3 Å². The first-order valence-electron chi connectivity index (χ1n) is 16.5. The number of rotatable bonds is 10. The maximum atomic E-state index is 13.7. The van der Waals surface area contributed by atoms with Crippen LogP contribution in [-0.2, 0) is 11.3 Å². The number of carbonyl (C=O) groups is 2. The van der Waals surface area contributed by atoms with E-state index in [-0.39, 0.29) is 29.3 Å². The van der Waals surface area contributed by atoms with Gasteiger partial charge >= 0.3 is 0 Å². The molecular weight excluding hydrogens is 564 g/mol. The molecule has 45 heavy (non-hydrogen) atoms. The summed E-state index contributed by atoms with van der Waals surface area (Å²) in [6.07, 6.45) is 5.30. The number of carbonyl (C=O) groups excluding carboxylic acids is 2. The van der Waals surface area contributed by atoms with E-state index < -0.39 is 0 Å². The molecule has 0 bridgehead atoms. The first-order chi connectivity index (χ1) is 21.6. The fourth-order valence-corrected chi connectivity index (χ4v) is 6.60. The van der Waals surface area contributed by atoms with Gasteiger partial charge in [-0.15, -0.1) is 0 Å². The van der Waals surface area contributed by atoms with Crippen molar-refractivity contribution in [2.24, 2.45) is 11.3 Å². The molecule has 2 saturated carbocycles. The summed E-state index contributed by atoms with van der Waals surface area (Å²) in [4.78, 5) is 52.4. The third-order valence-electron chi connectivity index (χ3n) is 10.1. The summed E-state index contributed by atoms with van der Waals surface area (Å²) in [6, 6.07) is 9.89. The quantitative estimate of drug-likeness (QED) is 0.289. The number of hydrogen-bond donors (Lipinski definition) is 3. The molecule has 6 rings (SSSR count). The number of benzene rings is 1. The molecule has 238 valence electrons. The Morgan fingerprint density at radius 3 is 2.38 bits per heavy atom. The topological polar surface area (TPSA) is 110 Å². The number of hydrogen-bond acceptors (Lipinski definition) is 6. The van der Waals surface area contributed by atoms with Crippen LogP contribution in [0.1, 0.15) is 77.5 Å². The lowest BCUT2D eigenvalue weighted by molar-refractivity contribution is -0.121. The zero-order chi connectivity index (χ0) is 31.9. The van der Waals surface area contributed by atoms with Crippen molar-refractivity contribution in [3.8, 4) is 11.1 Å². The van der Waals surface area contributed by atoms with Crippen LogP contribution in [0.2, 0.25) is 0 Å². The Morgan fingerprint density at radius 1 is 1.02 bits per heavy atom. The number of nitrogens with zero attached hydrogens (tertiary/aromatic N) is 3. The van der Waals surface area contributed by atoms with Crippen LogP contribution in [0.4, 0.5) is 11.5 Å². The zero-order valence-corrected chi connectivity index (χ0v) is 27.3. The molecule has 9 heteroatoms. The van der Waals surface area contributed by atoms with Crippen LogP contribution in [0.25, 0.3) is 11.1 Å². The Labute approximate surface area is 265 Å². The normalized spacial score (nSPS) is 17.7. The summed E-state index contributed by atoms with van der Waals surface area (Å²) in [7, 11) is 0. The molecule has 0 unspecified atom stereocenters. The molecule has 1 saturated heterocycles.